The van der Waals surface area contributed by atoms with E-state index in [2.05, 4.69) is 0 Å². The van der Waals surface area contributed by atoms with E-state index in [1.54, 1.807) is 13.0 Å². The SMILES string of the molecule is CCOC(=O)C(N)c1ccccc1[N+](=O)[O-].Cl. The van der Waals surface area contributed by atoms with Gasteiger partial charge >= 0.3 is 5.97 Å². The van der Waals surface area contributed by atoms with Gasteiger partial charge in [-0.15, -0.1) is 12.4 Å². The van der Waals surface area contributed by atoms with Crippen molar-refractivity contribution in [1.29, 1.82) is 0 Å². The molecule has 1 atom stereocenters. The number of esters is 1. The Morgan fingerprint density at radius 1 is 1.53 bits per heavy atom. The lowest BCUT2D eigenvalue weighted by atomic mass is 10.1. The molecule has 94 valence electrons. The largest absolute Gasteiger partial charge is 0.465 e. The molecule has 0 spiro atoms. The predicted molar refractivity (Wildman–Crippen MR) is 63.9 cm³/mol. The van der Waals surface area contributed by atoms with Gasteiger partial charge < -0.3 is 10.5 Å². The van der Waals surface area contributed by atoms with E-state index in [1.807, 2.05) is 0 Å². The van der Waals surface area contributed by atoms with Crippen LogP contribution in [0.2, 0.25) is 0 Å². The van der Waals surface area contributed by atoms with Gasteiger partial charge in [0.15, 0.2) is 0 Å². The van der Waals surface area contributed by atoms with Crippen LogP contribution in [0.3, 0.4) is 0 Å². The molecule has 7 heteroatoms. The van der Waals surface area contributed by atoms with Gasteiger partial charge in [-0.3, -0.25) is 10.1 Å². The van der Waals surface area contributed by atoms with Gasteiger partial charge in [-0.1, -0.05) is 12.1 Å². The summed E-state index contributed by atoms with van der Waals surface area (Å²) in [6, 6.07) is 4.72. The second kappa shape index (κ2) is 6.82. The summed E-state index contributed by atoms with van der Waals surface area (Å²) in [6.07, 6.45) is 0. The normalized spacial score (nSPS) is 11.2. The van der Waals surface area contributed by atoms with Crippen LogP contribution in [0.15, 0.2) is 24.3 Å². The zero-order valence-electron chi connectivity index (χ0n) is 9.16. The first kappa shape index (κ1) is 15.3. The van der Waals surface area contributed by atoms with Crippen LogP contribution in [-0.2, 0) is 9.53 Å². The fourth-order valence-electron chi connectivity index (χ4n) is 1.28. The molecule has 1 unspecified atom stereocenters. The number of halogens is 1. The third kappa shape index (κ3) is 3.69. The molecule has 17 heavy (non-hydrogen) atoms. The average Bonchev–Trinajstić information content (AvgIpc) is 2.28. The number of rotatable bonds is 4. The molecule has 0 aromatic heterocycles. The highest BCUT2D eigenvalue weighted by atomic mass is 35.5. The fourth-order valence-corrected chi connectivity index (χ4v) is 1.28. The maximum Gasteiger partial charge on any atom is 0.327 e. The minimum absolute atomic E-state index is 0. The van der Waals surface area contributed by atoms with Crippen LogP contribution in [0.1, 0.15) is 18.5 Å². The lowest BCUT2D eigenvalue weighted by Gasteiger charge is -2.10. The molecule has 1 aromatic rings. The highest BCUT2D eigenvalue weighted by Gasteiger charge is 2.24. The number of nitrogens with zero attached hydrogens (tertiary/aromatic N) is 1. The lowest BCUT2D eigenvalue weighted by molar-refractivity contribution is -0.385. The van der Waals surface area contributed by atoms with E-state index in [1.165, 1.54) is 18.2 Å². The summed E-state index contributed by atoms with van der Waals surface area (Å²) in [6.45, 7) is 1.83. The van der Waals surface area contributed by atoms with Crippen LogP contribution in [0, 0.1) is 10.1 Å². The van der Waals surface area contributed by atoms with E-state index in [-0.39, 0.29) is 30.3 Å². The summed E-state index contributed by atoms with van der Waals surface area (Å²) in [4.78, 5) is 21.5. The third-order valence-corrected chi connectivity index (χ3v) is 2.01. The quantitative estimate of drug-likeness (QED) is 0.504. The van der Waals surface area contributed by atoms with Gasteiger partial charge in [-0.05, 0) is 13.0 Å². The van der Waals surface area contributed by atoms with E-state index < -0.39 is 16.9 Å². The van der Waals surface area contributed by atoms with E-state index in [0.29, 0.717) is 0 Å². The number of para-hydroxylation sites is 1. The molecule has 0 saturated heterocycles. The average molecular weight is 261 g/mol. The van der Waals surface area contributed by atoms with Crippen molar-refractivity contribution in [3.05, 3.63) is 39.9 Å². The van der Waals surface area contributed by atoms with Gasteiger partial charge in [0.2, 0.25) is 0 Å². The second-order valence-corrected chi connectivity index (χ2v) is 3.05. The Labute approximate surface area is 104 Å². The van der Waals surface area contributed by atoms with E-state index >= 15 is 0 Å². The summed E-state index contributed by atoms with van der Waals surface area (Å²) in [5, 5.41) is 10.7. The van der Waals surface area contributed by atoms with Crippen molar-refractivity contribution in [2.75, 3.05) is 6.61 Å². The molecule has 0 saturated carbocycles. The van der Waals surface area contributed by atoms with Crippen molar-refractivity contribution in [3.63, 3.8) is 0 Å². The Bertz CT molecular complexity index is 411. The molecule has 0 amide bonds. The minimum atomic E-state index is -1.12. The van der Waals surface area contributed by atoms with Crippen LogP contribution in [0.5, 0.6) is 0 Å². The number of benzene rings is 1. The monoisotopic (exact) mass is 260 g/mol. The molecular weight excluding hydrogens is 248 g/mol. The van der Waals surface area contributed by atoms with E-state index in [4.69, 9.17) is 10.5 Å². The Kier molecular flexibility index (Phi) is 6.16. The molecule has 2 N–H and O–H groups in total. The van der Waals surface area contributed by atoms with Crippen molar-refractivity contribution >= 4 is 24.1 Å². The first-order chi connectivity index (χ1) is 7.57. The van der Waals surface area contributed by atoms with Crippen molar-refractivity contribution < 1.29 is 14.5 Å². The topological polar surface area (TPSA) is 95.5 Å². The van der Waals surface area contributed by atoms with Gasteiger partial charge in [0.1, 0.15) is 6.04 Å². The summed E-state index contributed by atoms with van der Waals surface area (Å²) >= 11 is 0. The standard InChI is InChI=1S/C10H12N2O4.ClH/c1-2-16-10(13)9(11)7-5-3-4-6-8(7)12(14)15;/h3-6,9H,2,11H2,1H3;1H. The Morgan fingerprint density at radius 3 is 2.65 bits per heavy atom. The van der Waals surface area contributed by atoms with Gasteiger partial charge in [0.05, 0.1) is 17.1 Å². The van der Waals surface area contributed by atoms with Crippen LogP contribution < -0.4 is 5.73 Å². The number of carbonyl (C=O) groups excluding carboxylic acids is 1. The fraction of sp³-hybridized carbons (Fsp3) is 0.300. The molecular formula is C10H13ClN2O4. The molecule has 0 heterocycles. The van der Waals surface area contributed by atoms with Crippen LogP contribution in [0.25, 0.3) is 0 Å². The van der Waals surface area contributed by atoms with Gasteiger partial charge in [-0.2, -0.15) is 0 Å². The Morgan fingerprint density at radius 2 is 2.12 bits per heavy atom. The molecule has 1 aromatic carbocycles. The van der Waals surface area contributed by atoms with Gasteiger partial charge in [0, 0.05) is 6.07 Å². The third-order valence-electron chi connectivity index (χ3n) is 2.01. The minimum Gasteiger partial charge on any atom is -0.465 e. The first-order valence-corrected chi connectivity index (χ1v) is 4.73. The maximum absolute atomic E-state index is 11.3. The van der Waals surface area contributed by atoms with E-state index in [0.717, 1.165) is 0 Å². The molecule has 0 aliphatic carbocycles. The molecule has 6 nitrogen and oxygen atoms in total. The van der Waals surface area contributed by atoms with Crippen LogP contribution in [-0.4, -0.2) is 17.5 Å². The lowest BCUT2D eigenvalue weighted by Crippen LogP contribution is -2.24. The predicted octanol–water partition coefficient (Wildman–Crippen LogP) is 1.58. The maximum atomic E-state index is 11.3. The van der Waals surface area contributed by atoms with Crippen molar-refractivity contribution in [1.82, 2.24) is 0 Å². The van der Waals surface area contributed by atoms with Gasteiger partial charge in [0.25, 0.3) is 5.69 Å². The highest BCUT2D eigenvalue weighted by Crippen LogP contribution is 2.23. The number of nitro benzene ring substituents is 1. The molecule has 0 aliphatic heterocycles. The second-order valence-electron chi connectivity index (χ2n) is 3.05. The number of nitro groups is 1. The van der Waals surface area contributed by atoms with Crippen LogP contribution in [0.4, 0.5) is 5.69 Å². The molecule has 1 rings (SSSR count). The highest BCUT2D eigenvalue weighted by molar-refractivity contribution is 5.85. The number of nitrogens with two attached hydrogens (primary N) is 1. The molecule has 0 radical (unpaired) electrons. The molecule has 0 fully saturated rings. The van der Waals surface area contributed by atoms with Crippen molar-refractivity contribution in [3.8, 4) is 0 Å². The summed E-state index contributed by atoms with van der Waals surface area (Å²) in [7, 11) is 0. The summed E-state index contributed by atoms with van der Waals surface area (Å²) < 4.78 is 4.71. The van der Waals surface area contributed by atoms with Crippen molar-refractivity contribution in [2.45, 2.75) is 13.0 Å². The summed E-state index contributed by atoms with van der Waals surface area (Å²) in [5.74, 6) is -0.670. The Hall–Kier alpha value is -1.66. The van der Waals surface area contributed by atoms with E-state index in [9.17, 15) is 14.9 Å². The number of ether oxygens (including phenoxy) is 1. The zero-order valence-corrected chi connectivity index (χ0v) is 9.98. The Balaban J connectivity index is 0.00000256. The van der Waals surface area contributed by atoms with Crippen molar-refractivity contribution in [2.24, 2.45) is 5.73 Å². The summed E-state index contributed by atoms with van der Waals surface area (Å²) in [5.41, 5.74) is 5.56. The zero-order chi connectivity index (χ0) is 12.1. The number of hydrogen-bond acceptors (Lipinski definition) is 5. The van der Waals surface area contributed by atoms with Crippen LogP contribution >= 0.6 is 12.4 Å². The first-order valence-electron chi connectivity index (χ1n) is 4.73. The number of hydrogen-bond donors (Lipinski definition) is 1. The molecule has 0 bridgehead atoms. The van der Waals surface area contributed by atoms with Gasteiger partial charge in [-0.25, -0.2) is 4.79 Å². The number of carbonyl (C=O) groups is 1. The smallest absolute Gasteiger partial charge is 0.327 e. The molecule has 0 aliphatic rings.